The molecule has 3 N–H and O–H groups in total. The van der Waals surface area contributed by atoms with Crippen LogP contribution >= 0.6 is 12.2 Å². The highest BCUT2D eigenvalue weighted by Gasteiger charge is 2.26. The molecule has 3 nitrogen and oxygen atoms in total. The van der Waals surface area contributed by atoms with Crippen molar-refractivity contribution in [1.29, 1.82) is 0 Å². The van der Waals surface area contributed by atoms with Crippen LogP contribution in [0.15, 0.2) is 30.3 Å². The number of nitrogens with two attached hydrogens (primary N) is 1. The summed E-state index contributed by atoms with van der Waals surface area (Å²) in [5.74, 6) is -0.412. The van der Waals surface area contributed by atoms with E-state index in [0.29, 0.717) is 0 Å². The quantitative estimate of drug-likeness (QED) is 0.803. The van der Waals surface area contributed by atoms with Crippen LogP contribution in [0.5, 0.6) is 0 Å². The van der Waals surface area contributed by atoms with Crippen LogP contribution in [0.3, 0.4) is 0 Å². The van der Waals surface area contributed by atoms with Gasteiger partial charge in [0.1, 0.15) is 0 Å². The van der Waals surface area contributed by atoms with Gasteiger partial charge in [-0.25, -0.2) is 0 Å². The highest BCUT2D eigenvalue weighted by atomic mass is 32.1. The van der Waals surface area contributed by atoms with Gasteiger partial charge in [-0.05, 0) is 18.4 Å². The monoisotopic (exact) mass is 264 g/mol. The van der Waals surface area contributed by atoms with E-state index in [2.05, 4.69) is 5.32 Å². The zero-order valence-corrected chi connectivity index (χ0v) is 11.8. The highest BCUT2D eigenvalue weighted by Crippen LogP contribution is 2.16. The molecule has 2 atom stereocenters. The summed E-state index contributed by atoms with van der Waals surface area (Å²) in [4.78, 5) is 12.4. The highest BCUT2D eigenvalue weighted by molar-refractivity contribution is 7.80. The molecule has 98 valence electrons. The van der Waals surface area contributed by atoms with Gasteiger partial charge in [-0.2, -0.15) is 0 Å². The van der Waals surface area contributed by atoms with Crippen molar-refractivity contribution in [3.8, 4) is 0 Å². The van der Waals surface area contributed by atoms with Crippen LogP contribution in [0.1, 0.15) is 32.4 Å². The smallest absolute Gasteiger partial charge is 0.230 e. The molecule has 2 unspecified atom stereocenters. The van der Waals surface area contributed by atoms with E-state index in [1.807, 2.05) is 51.1 Å². The zero-order chi connectivity index (χ0) is 13.7. The van der Waals surface area contributed by atoms with E-state index in [0.717, 1.165) is 5.56 Å². The lowest BCUT2D eigenvalue weighted by atomic mass is 9.94. The van der Waals surface area contributed by atoms with Crippen molar-refractivity contribution in [1.82, 2.24) is 5.32 Å². The first kappa shape index (κ1) is 14.6. The summed E-state index contributed by atoms with van der Waals surface area (Å²) in [7, 11) is 0. The predicted octanol–water partition coefficient (Wildman–Crippen LogP) is 2.42. The van der Waals surface area contributed by atoms with Crippen molar-refractivity contribution in [2.45, 2.75) is 26.8 Å². The number of carbonyl (C=O) groups is 1. The van der Waals surface area contributed by atoms with Gasteiger partial charge in [0.15, 0.2) is 0 Å². The molecule has 0 saturated carbocycles. The molecular formula is C14H20N2OS. The average Bonchev–Trinajstić information content (AvgIpc) is 2.28. The lowest BCUT2D eigenvalue weighted by molar-refractivity contribution is -0.124. The average molecular weight is 264 g/mol. The normalized spacial score (nSPS) is 14.0. The minimum absolute atomic E-state index is 0.0469. The van der Waals surface area contributed by atoms with Gasteiger partial charge in [-0.1, -0.05) is 56.4 Å². The topological polar surface area (TPSA) is 55.1 Å². The van der Waals surface area contributed by atoms with Gasteiger partial charge < -0.3 is 11.1 Å². The maximum Gasteiger partial charge on any atom is 0.230 e. The van der Waals surface area contributed by atoms with E-state index in [-0.39, 0.29) is 22.9 Å². The van der Waals surface area contributed by atoms with Crippen LogP contribution in [0.4, 0.5) is 0 Å². The standard InChI is InChI=1S/C14H20N2OS/c1-9(2)12(13(15)18)14(17)16-10(3)11-7-5-4-6-8-11/h4-10,12H,1-3H3,(H2,15,18)(H,16,17). The van der Waals surface area contributed by atoms with Gasteiger partial charge in [0.05, 0.1) is 16.9 Å². The third-order valence-corrected chi connectivity index (χ3v) is 3.17. The zero-order valence-electron chi connectivity index (χ0n) is 11.0. The number of rotatable bonds is 5. The number of amides is 1. The first-order valence-electron chi connectivity index (χ1n) is 6.08. The summed E-state index contributed by atoms with van der Waals surface area (Å²) >= 11 is 4.96. The largest absolute Gasteiger partial charge is 0.393 e. The van der Waals surface area contributed by atoms with Gasteiger partial charge in [0.25, 0.3) is 0 Å². The fourth-order valence-corrected chi connectivity index (χ4v) is 2.27. The Kier molecular flexibility index (Phi) is 5.28. The molecule has 0 bridgehead atoms. The van der Waals surface area contributed by atoms with Crippen molar-refractivity contribution in [2.75, 3.05) is 0 Å². The molecule has 1 rings (SSSR count). The Morgan fingerprint density at radius 2 is 1.78 bits per heavy atom. The van der Waals surface area contributed by atoms with Crippen LogP contribution < -0.4 is 11.1 Å². The van der Waals surface area contributed by atoms with Gasteiger partial charge >= 0.3 is 0 Å². The second kappa shape index (κ2) is 6.50. The fourth-order valence-electron chi connectivity index (χ4n) is 1.89. The van der Waals surface area contributed by atoms with Crippen molar-refractivity contribution in [2.24, 2.45) is 17.6 Å². The molecule has 18 heavy (non-hydrogen) atoms. The first-order valence-corrected chi connectivity index (χ1v) is 6.49. The van der Waals surface area contributed by atoms with E-state index in [1.165, 1.54) is 0 Å². The summed E-state index contributed by atoms with van der Waals surface area (Å²) in [5, 5.41) is 2.95. The molecule has 1 aromatic rings. The first-order chi connectivity index (χ1) is 8.43. The maximum atomic E-state index is 12.1. The summed E-state index contributed by atoms with van der Waals surface area (Å²) in [5.41, 5.74) is 6.69. The van der Waals surface area contributed by atoms with Crippen LogP contribution in [0.2, 0.25) is 0 Å². The molecule has 0 aliphatic rings. The van der Waals surface area contributed by atoms with E-state index < -0.39 is 5.92 Å². The van der Waals surface area contributed by atoms with Gasteiger partial charge in [0, 0.05) is 0 Å². The molecule has 1 amide bonds. The van der Waals surface area contributed by atoms with E-state index in [4.69, 9.17) is 18.0 Å². The van der Waals surface area contributed by atoms with Crippen LogP contribution in [0, 0.1) is 11.8 Å². The summed E-state index contributed by atoms with van der Waals surface area (Å²) < 4.78 is 0. The van der Waals surface area contributed by atoms with E-state index in [1.54, 1.807) is 0 Å². The molecule has 1 aromatic carbocycles. The molecule has 0 fully saturated rings. The van der Waals surface area contributed by atoms with Crippen molar-refractivity contribution in [3.05, 3.63) is 35.9 Å². The Labute approximate surface area is 114 Å². The van der Waals surface area contributed by atoms with Crippen LogP contribution in [0.25, 0.3) is 0 Å². The molecule has 4 heteroatoms. The summed E-state index contributed by atoms with van der Waals surface area (Å²) in [6, 6.07) is 9.77. The molecule has 0 heterocycles. The Hall–Kier alpha value is -1.42. The minimum atomic E-state index is -0.411. The number of benzene rings is 1. The number of thiocarbonyl (C=S) groups is 1. The molecule has 0 saturated heterocycles. The third-order valence-electron chi connectivity index (χ3n) is 2.91. The lowest BCUT2D eigenvalue weighted by Crippen LogP contribution is -2.41. The Morgan fingerprint density at radius 3 is 2.22 bits per heavy atom. The SMILES string of the molecule is CC(NC(=O)C(C(N)=S)C(C)C)c1ccccc1. The molecule has 0 aromatic heterocycles. The number of nitrogens with one attached hydrogen (secondary N) is 1. The number of hydrogen-bond donors (Lipinski definition) is 2. The predicted molar refractivity (Wildman–Crippen MR) is 78.1 cm³/mol. The van der Waals surface area contributed by atoms with Crippen LogP contribution in [-0.2, 0) is 4.79 Å². The molecule has 0 aliphatic heterocycles. The number of carbonyl (C=O) groups excluding carboxylic acids is 1. The second-order valence-electron chi connectivity index (χ2n) is 4.77. The Balaban J connectivity index is 2.72. The second-order valence-corrected chi connectivity index (χ2v) is 5.24. The molecular weight excluding hydrogens is 244 g/mol. The molecule has 0 spiro atoms. The lowest BCUT2D eigenvalue weighted by Gasteiger charge is -2.22. The minimum Gasteiger partial charge on any atom is -0.393 e. The van der Waals surface area contributed by atoms with Gasteiger partial charge in [-0.15, -0.1) is 0 Å². The number of hydrogen-bond acceptors (Lipinski definition) is 2. The summed E-state index contributed by atoms with van der Waals surface area (Å²) in [6.07, 6.45) is 0. The van der Waals surface area contributed by atoms with Gasteiger partial charge in [-0.3, -0.25) is 4.79 Å². The summed E-state index contributed by atoms with van der Waals surface area (Å²) in [6.45, 7) is 5.83. The maximum absolute atomic E-state index is 12.1. The van der Waals surface area contributed by atoms with E-state index in [9.17, 15) is 4.79 Å². The Bertz CT molecular complexity index is 417. The fraction of sp³-hybridized carbons (Fsp3) is 0.429. The van der Waals surface area contributed by atoms with Crippen molar-refractivity contribution in [3.63, 3.8) is 0 Å². The molecule has 0 radical (unpaired) electrons. The van der Waals surface area contributed by atoms with Crippen LogP contribution in [-0.4, -0.2) is 10.9 Å². The van der Waals surface area contributed by atoms with E-state index >= 15 is 0 Å². The van der Waals surface area contributed by atoms with Crippen molar-refractivity contribution >= 4 is 23.1 Å². The van der Waals surface area contributed by atoms with Crippen molar-refractivity contribution < 1.29 is 4.79 Å². The van der Waals surface area contributed by atoms with Gasteiger partial charge in [0.2, 0.25) is 5.91 Å². The third kappa shape index (κ3) is 3.81. The molecule has 0 aliphatic carbocycles. The Morgan fingerprint density at radius 1 is 1.22 bits per heavy atom.